The van der Waals surface area contributed by atoms with Crippen LogP contribution in [0, 0.1) is 0 Å². The molecule has 0 atom stereocenters. The number of fused-ring (bicyclic) bond motifs is 1. The normalized spacial score (nSPS) is 12.5. The molecule has 7 nitrogen and oxygen atoms in total. The van der Waals surface area contributed by atoms with Crippen LogP contribution in [0.25, 0.3) is 0 Å². The van der Waals surface area contributed by atoms with Crippen LogP contribution in [-0.2, 0) is 6.54 Å². The lowest BCUT2D eigenvalue weighted by molar-refractivity contribution is 0.0642. The van der Waals surface area contributed by atoms with Crippen LogP contribution in [-0.4, -0.2) is 35.5 Å². The van der Waals surface area contributed by atoms with Crippen molar-refractivity contribution in [1.29, 1.82) is 0 Å². The van der Waals surface area contributed by atoms with Crippen molar-refractivity contribution in [1.82, 2.24) is 4.90 Å². The van der Waals surface area contributed by atoms with Gasteiger partial charge in [0.15, 0.2) is 5.78 Å². The molecular formula is C25H20N2O5. The predicted octanol–water partition coefficient (Wildman–Crippen LogP) is 3.95. The number of benzene rings is 3. The van der Waals surface area contributed by atoms with Gasteiger partial charge in [0, 0.05) is 5.56 Å². The average molecular weight is 428 g/mol. The van der Waals surface area contributed by atoms with E-state index in [2.05, 4.69) is 5.32 Å². The zero-order valence-corrected chi connectivity index (χ0v) is 17.5. The van der Waals surface area contributed by atoms with Gasteiger partial charge in [0.1, 0.15) is 5.75 Å². The maximum atomic E-state index is 13.0. The summed E-state index contributed by atoms with van der Waals surface area (Å²) in [5.41, 5.74) is 2.32. The first kappa shape index (κ1) is 21.0. The average Bonchev–Trinajstić information content (AvgIpc) is 3.04. The lowest BCUT2D eigenvalue weighted by Gasteiger charge is -2.16. The van der Waals surface area contributed by atoms with E-state index in [0.29, 0.717) is 33.7 Å². The Labute approximate surface area is 184 Å². The highest BCUT2D eigenvalue weighted by Crippen LogP contribution is 2.27. The van der Waals surface area contributed by atoms with Gasteiger partial charge in [-0.15, -0.1) is 0 Å². The van der Waals surface area contributed by atoms with Gasteiger partial charge in [-0.25, -0.2) is 0 Å². The number of carbonyl (C=O) groups excluding carboxylic acids is 4. The van der Waals surface area contributed by atoms with Gasteiger partial charge in [0.05, 0.1) is 36.0 Å². The van der Waals surface area contributed by atoms with E-state index in [-0.39, 0.29) is 29.7 Å². The van der Waals surface area contributed by atoms with E-state index in [4.69, 9.17) is 4.74 Å². The molecule has 0 saturated carbocycles. The predicted molar refractivity (Wildman–Crippen MR) is 118 cm³/mol. The van der Waals surface area contributed by atoms with Crippen molar-refractivity contribution in [2.45, 2.75) is 13.5 Å². The number of rotatable bonds is 6. The van der Waals surface area contributed by atoms with E-state index in [1.807, 2.05) is 0 Å². The molecule has 3 aromatic carbocycles. The molecule has 1 N–H and O–H groups in total. The van der Waals surface area contributed by atoms with Gasteiger partial charge in [-0.1, -0.05) is 30.3 Å². The van der Waals surface area contributed by atoms with Crippen LogP contribution in [0.5, 0.6) is 5.75 Å². The van der Waals surface area contributed by atoms with Crippen LogP contribution < -0.4 is 10.1 Å². The molecule has 160 valence electrons. The Morgan fingerprint density at radius 3 is 2.12 bits per heavy atom. The second-order valence-electron chi connectivity index (χ2n) is 7.33. The summed E-state index contributed by atoms with van der Waals surface area (Å²) in [5.74, 6) is -1.06. The Morgan fingerprint density at radius 1 is 0.875 bits per heavy atom. The minimum absolute atomic E-state index is 0.0145. The Bertz CT molecular complexity index is 1230. The number of para-hydroxylation sites is 1. The number of amides is 3. The topological polar surface area (TPSA) is 92.8 Å². The number of nitrogens with one attached hydrogen (secondary N) is 1. The smallest absolute Gasteiger partial charge is 0.261 e. The van der Waals surface area contributed by atoms with Crippen LogP contribution in [0.2, 0.25) is 0 Å². The molecule has 0 spiro atoms. The summed E-state index contributed by atoms with van der Waals surface area (Å²) in [6.45, 7) is 1.44. The van der Waals surface area contributed by atoms with E-state index < -0.39 is 5.91 Å². The number of anilines is 1. The van der Waals surface area contributed by atoms with E-state index in [9.17, 15) is 19.2 Å². The number of carbonyl (C=O) groups is 4. The molecule has 0 bridgehead atoms. The monoisotopic (exact) mass is 428 g/mol. The highest BCUT2D eigenvalue weighted by atomic mass is 16.5. The molecule has 1 aliphatic rings. The number of methoxy groups -OCH3 is 1. The van der Waals surface area contributed by atoms with Crippen LogP contribution in [0.3, 0.4) is 0 Å². The number of ketones is 1. The maximum Gasteiger partial charge on any atom is 0.261 e. The van der Waals surface area contributed by atoms with Gasteiger partial charge in [0.2, 0.25) is 0 Å². The number of ether oxygens (including phenoxy) is 1. The minimum Gasteiger partial charge on any atom is -0.496 e. The second-order valence-corrected chi connectivity index (χ2v) is 7.33. The van der Waals surface area contributed by atoms with Crippen molar-refractivity contribution in [3.05, 3.63) is 94.5 Å². The quantitative estimate of drug-likeness (QED) is 0.474. The van der Waals surface area contributed by atoms with Crippen molar-refractivity contribution >= 4 is 29.2 Å². The third kappa shape index (κ3) is 3.76. The van der Waals surface area contributed by atoms with Crippen LogP contribution in [0.1, 0.15) is 53.9 Å². The largest absolute Gasteiger partial charge is 0.496 e. The van der Waals surface area contributed by atoms with Crippen molar-refractivity contribution < 1.29 is 23.9 Å². The molecule has 1 heterocycles. The fourth-order valence-electron chi connectivity index (χ4n) is 3.69. The van der Waals surface area contributed by atoms with Crippen molar-refractivity contribution in [3.63, 3.8) is 0 Å². The number of nitrogens with zero attached hydrogens (tertiary/aromatic N) is 1. The lowest BCUT2D eigenvalue weighted by atomic mass is 10.1. The molecular weight excluding hydrogens is 408 g/mol. The Balaban J connectivity index is 1.61. The number of imide groups is 1. The van der Waals surface area contributed by atoms with Crippen LogP contribution >= 0.6 is 0 Å². The molecule has 3 aromatic rings. The summed E-state index contributed by atoms with van der Waals surface area (Å²) in [5, 5.41) is 2.75. The van der Waals surface area contributed by atoms with Gasteiger partial charge < -0.3 is 10.1 Å². The SMILES string of the molecule is COc1ccc(CN2C(=O)c3ccccc3C2=O)cc1C(=O)Nc1ccccc1C(C)=O. The molecule has 0 aliphatic carbocycles. The van der Waals surface area contributed by atoms with Gasteiger partial charge in [0.25, 0.3) is 17.7 Å². The number of hydrogen-bond acceptors (Lipinski definition) is 5. The highest BCUT2D eigenvalue weighted by molar-refractivity contribution is 6.21. The van der Waals surface area contributed by atoms with E-state index in [1.165, 1.54) is 14.0 Å². The summed E-state index contributed by atoms with van der Waals surface area (Å²) < 4.78 is 5.32. The van der Waals surface area contributed by atoms with Crippen molar-refractivity contribution in [3.8, 4) is 5.75 Å². The summed E-state index contributed by atoms with van der Waals surface area (Å²) in [4.78, 5) is 51.4. The summed E-state index contributed by atoms with van der Waals surface area (Å²) >= 11 is 0. The van der Waals surface area contributed by atoms with Crippen molar-refractivity contribution in [2.24, 2.45) is 0 Å². The molecule has 0 saturated heterocycles. The minimum atomic E-state index is -0.472. The van der Waals surface area contributed by atoms with Gasteiger partial charge >= 0.3 is 0 Å². The zero-order valence-electron chi connectivity index (χ0n) is 17.5. The van der Waals surface area contributed by atoms with Gasteiger partial charge in [-0.2, -0.15) is 0 Å². The molecule has 4 rings (SSSR count). The Morgan fingerprint density at radius 2 is 1.50 bits per heavy atom. The molecule has 0 aromatic heterocycles. The summed E-state index contributed by atoms with van der Waals surface area (Å²) in [7, 11) is 1.44. The number of hydrogen-bond donors (Lipinski definition) is 1. The second kappa shape index (κ2) is 8.47. The van der Waals surface area contributed by atoms with Gasteiger partial charge in [-0.05, 0) is 48.9 Å². The molecule has 1 aliphatic heterocycles. The molecule has 3 amide bonds. The van der Waals surface area contributed by atoms with E-state index >= 15 is 0 Å². The standard InChI is InChI=1S/C25H20N2O5/c1-15(28)17-7-5-6-10-21(17)26-23(29)20-13-16(11-12-22(20)32-2)14-27-24(30)18-8-3-4-9-19(18)25(27)31/h3-13H,14H2,1-2H3,(H,26,29). The lowest BCUT2D eigenvalue weighted by Crippen LogP contribution is -2.29. The number of Topliss-reactive ketones (excluding diaryl/α,β-unsaturated/α-hetero) is 1. The zero-order chi connectivity index (χ0) is 22.8. The molecule has 0 fully saturated rings. The Hall–Kier alpha value is -4.26. The molecule has 7 heteroatoms. The molecule has 0 unspecified atom stereocenters. The first-order valence-corrected chi connectivity index (χ1v) is 9.94. The Kier molecular flexibility index (Phi) is 5.55. The first-order chi connectivity index (χ1) is 15.4. The molecule has 0 radical (unpaired) electrons. The third-order valence-corrected chi connectivity index (χ3v) is 5.28. The highest BCUT2D eigenvalue weighted by Gasteiger charge is 2.35. The maximum absolute atomic E-state index is 13.0. The first-order valence-electron chi connectivity index (χ1n) is 9.94. The van der Waals surface area contributed by atoms with Crippen LogP contribution in [0.15, 0.2) is 66.7 Å². The van der Waals surface area contributed by atoms with E-state index in [0.717, 1.165) is 4.90 Å². The van der Waals surface area contributed by atoms with Gasteiger partial charge in [-0.3, -0.25) is 24.1 Å². The summed E-state index contributed by atoms with van der Waals surface area (Å²) in [6.07, 6.45) is 0. The summed E-state index contributed by atoms with van der Waals surface area (Å²) in [6, 6.07) is 18.3. The fourth-order valence-corrected chi connectivity index (χ4v) is 3.69. The van der Waals surface area contributed by atoms with Crippen molar-refractivity contribution in [2.75, 3.05) is 12.4 Å². The van der Waals surface area contributed by atoms with Crippen LogP contribution in [0.4, 0.5) is 5.69 Å². The fraction of sp³-hybridized carbons (Fsp3) is 0.120. The molecule has 32 heavy (non-hydrogen) atoms. The third-order valence-electron chi connectivity index (χ3n) is 5.28. The van der Waals surface area contributed by atoms with E-state index in [1.54, 1.807) is 66.7 Å².